The Morgan fingerprint density at radius 3 is 2.31 bits per heavy atom. The van der Waals surface area contributed by atoms with E-state index in [1.165, 1.54) is 12.1 Å². The van der Waals surface area contributed by atoms with Crippen LogP contribution in [0.2, 0.25) is 10.0 Å². The van der Waals surface area contributed by atoms with Crippen LogP contribution in [0, 0.1) is 0 Å². The predicted molar refractivity (Wildman–Crippen MR) is 101 cm³/mol. The molecule has 9 heteroatoms. The van der Waals surface area contributed by atoms with Gasteiger partial charge in [-0.3, -0.25) is 9.59 Å². The summed E-state index contributed by atoms with van der Waals surface area (Å²) < 4.78 is 5.06. The third-order valence-electron chi connectivity index (χ3n) is 2.93. The normalized spacial score (nSPS) is 10.8. The van der Waals surface area contributed by atoms with Crippen LogP contribution in [0.15, 0.2) is 18.2 Å². The van der Waals surface area contributed by atoms with Gasteiger partial charge < -0.3 is 20.7 Å². The van der Waals surface area contributed by atoms with E-state index >= 15 is 0 Å². The molecule has 0 bridgehead atoms. The van der Waals surface area contributed by atoms with Gasteiger partial charge in [-0.1, -0.05) is 23.2 Å². The number of nitrogens with one attached hydrogen (secondary N) is 3. The number of halogens is 2. The number of amides is 3. The van der Waals surface area contributed by atoms with Gasteiger partial charge in [-0.05, 0) is 39.0 Å². The van der Waals surface area contributed by atoms with Crippen molar-refractivity contribution in [1.82, 2.24) is 16.0 Å². The van der Waals surface area contributed by atoms with Crippen LogP contribution in [0.4, 0.5) is 4.79 Å². The summed E-state index contributed by atoms with van der Waals surface area (Å²) in [5, 5.41) is 8.46. The molecule has 0 unspecified atom stereocenters. The number of alkyl carbamates (subject to hydrolysis) is 1. The first-order valence-electron chi connectivity index (χ1n) is 8.05. The van der Waals surface area contributed by atoms with Crippen LogP contribution in [-0.2, 0) is 9.53 Å². The average Bonchev–Trinajstić information content (AvgIpc) is 2.52. The first kappa shape index (κ1) is 22.1. The van der Waals surface area contributed by atoms with Crippen LogP contribution >= 0.6 is 23.2 Å². The van der Waals surface area contributed by atoms with Crippen LogP contribution in [0.1, 0.15) is 37.6 Å². The van der Waals surface area contributed by atoms with Crippen molar-refractivity contribution in [3.63, 3.8) is 0 Å². The molecular formula is C17H23Cl2N3O4. The maximum atomic E-state index is 12.0. The molecule has 26 heavy (non-hydrogen) atoms. The predicted octanol–water partition coefficient (Wildman–Crippen LogP) is 2.75. The van der Waals surface area contributed by atoms with Gasteiger partial charge in [0.15, 0.2) is 0 Å². The molecule has 0 aromatic heterocycles. The molecule has 1 aromatic rings. The summed E-state index contributed by atoms with van der Waals surface area (Å²) in [5.74, 6) is -0.630. The lowest BCUT2D eigenvalue weighted by molar-refractivity contribution is -0.120. The van der Waals surface area contributed by atoms with Gasteiger partial charge in [0.2, 0.25) is 5.91 Å². The minimum absolute atomic E-state index is 0.104. The fourth-order valence-electron chi connectivity index (χ4n) is 1.83. The maximum absolute atomic E-state index is 12.0. The SMILES string of the molecule is CC(C)(C)OC(=O)NCCC(=O)NCCNC(=O)c1cc(Cl)ccc1Cl. The lowest BCUT2D eigenvalue weighted by atomic mass is 10.2. The Morgan fingerprint density at radius 1 is 1.00 bits per heavy atom. The van der Waals surface area contributed by atoms with Crippen molar-refractivity contribution >= 4 is 41.1 Å². The van der Waals surface area contributed by atoms with Crippen molar-refractivity contribution in [2.75, 3.05) is 19.6 Å². The topological polar surface area (TPSA) is 96.5 Å². The third-order valence-corrected chi connectivity index (χ3v) is 3.49. The number of ether oxygens (including phenoxy) is 1. The summed E-state index contributed by atoms with van der Waals surface area (Å²) in [7, 11) is 0. The summed E-state index contributed by atoms with van der Waals surface area (Å²) in [6.07, 6.45) is -0.469. The van der Waals surface area contributed by atoms with E-state index in [-0.39, 0.29) is 43.4 Å². The fourth-order valence-corrected chi connectivity index (χ4v) is 2.20. The van der Waals surface area contributed by atoms with Crippen LogP contribution < -0.4 is 16.0 Å². The largest absolute Gasteiger partial charge is 0.444 e. The average molecular weight is 404 g/mol. The van der Waals surface area contributed by atoms with Crippen LogP contribution in [0.5, 0.6) is 0 Å². The minimum Gasteiger partial charge on any atom is -0.444 e. The van der Waals surface area contributed by atoms with Crippen molar-refractivity contribution < 1.29 is 19.1 Å². The van der Waals surface area contributed by atoms with E-state index in [1.54, 1.807) is 26.8 Å². The van der Waals surface area contributed by atoms with E-state index < -0.39 is 11.7 Å². The fraction of sp³-hybridized carbons (Fsp3) is 0.471. The van der Waals surface area contributed by atoms with Crippen LogP contribution in [-0.4, -0.2) is 43.1 Å². The molecule has 0 heterocycles. The Morgan fingerprint density at radius 2 is 1.65 bits per heavy atom. The number of rotatable bonds is 7. The summed E-state index contributed by atoms with van der Waals surface area (Å²) in [6, 6.07) is 4.60. The van der Waals surface area contributed by atoms with Gasteiger partial charge in [-0.25, -0.2) is 4.79 Å². The smallest absolute Gasteiger partial charge is 0.407 e. The molecule has 3 amide bonds. The molecule has 0 aliphatic rings. The highest BCUT2D eigenvalue weighted by atomic mass is 35.5. The molecule has 1 aromatic carbocycles. The number of hydrogen-bond donors (Lipinski definition) is 3. The van der Waals surface area contributed by atoms with E-state index in [4.69, 9.17) is 27.9 Å². The number of benzene rings is 1. The van der Waals surface area contributed by atoms with Gasteiger partial charge >= 0.3 is 6.09 Å². The molecule has 3 N–H and O–H groups in total. The molecule has 144 valence electrons. The highest BCUT2D eigenvalue weighted by molar-refractivity contribution is 6.35. The number of carbonyl (C=O) groups excluding carboxylic acids is 3. The van der Waals surface area contributed by atoms with E-state index in [0.717, 1.165) is 0 Å². The molecule has 0 aliphatic heterocycles. The van der Waals surface area contributed by atoms with Gasteiger partial charge in [-0.15, -0.1) is 0 Å². The quantitative estimate of drug-likeness (QED) is 0.609. The highest BCUT2D eigenvalue weighted by Crippen LogP contribution is 2.20. The van der Waals surface area contributed by atoms with Crippen molar-refractivity contribution in [3.8, 4) is 0 Å². The molecule has 0 saturated carbocycles. The summed E-state index contributed by atoms with van der Waals surface area (Å²) >= 11 is 11.8. The van der Waals surface area contributed by atoms with Gasteiger partial charge in [0.1, 0.15) is 5.60 Å². The van der Waals surface area contributed by atoms with Gasteiger partial charge in [0.05, 0.1) is 10.6 Å². The Bertz CT molecular complexity index is 660. The van der Waals surface area contributed by atoms with Gasteiger partial charge in [0.25, 0.3) is 5.91 Å². The Hall–Kier alpha value is -1.99. The highest BCUT2D eigenvalue weighted by Gasteiger charge is 2.16. The molecule has 0 radical (unpaired) electrons. The third kappa shape index (κ3) is 8.92. The number of carbonyl (C=O) groups is 3. The second-order valence-electron chi connectivity index (χ2n) is 6.41. The molecule has 0 spiro atoms. The molecule has 0 fully saturated rings. The Kier molecular flexibility index (Phi) is 8.68. The van der Waals surface area contributed by atoms with Crippen LogP contribution in [0.3, 0.4) is 0 Å². The molecule has 1 rings (SSSR count). The van der Waals surface area contributed by atoms with E-state index in [1.807, 2.05) is 0 Å². The molecular weight excluding hydrogens is 381 g/mol. The lowest BCUT2D eigenvalue weighted by Gasteiger charge is -2.19. The molecule has 7 nitrogen and oxygen atoms in total. The summed E-state index contributed by atoms with van der Waals surface area (Å²) in [6.45, 7) is 5.89. The summed E-state index contributed by atoms with van der Waals surface area (Å²) in [4.78, 5) is 35.1. The van der Waals surface area contributed by atoms with E-state index in [2.05, 4.69) is 16.0 Å². The Labute approximate surface area is 162 Å². The zero-order valence-electron chi connectivity index (χ0n) is 14.9. The van der Waals surface area contributed by atoms with Crippen molar-refractivity contribution in [2.24, 2.45) is 0 Å². The van der Waals surface area contributed by atoms with Gasteiger partial charge in [0, 0.05) is 31.1 Å². The van der Waals surface area contributed by atoms with E-state index in [9.17, 15) is 14.4 Å². The zero-order chi connectivity index (χ0) is 19.7. The van der Waals surface area contributed by atoms with E-state index in [0.29, 0.717) is 10.0 Å². The first-order valence-corrected chi connectivity index (χ1v) is 8.81. The maximum Gasteiger partial charge on any atom is 0.407 e. The van der Waals surface area contributed by atoms with Crippen molar-refractivity contribution in [2.45, 2.75) is 32.8 Å². The Balaban J connectivity index is 2.21. The molecule has 0 aliphatic carbocycles. The zero-order valence-corrected chi connectivity index (χ0v) is 16.5. The van der Waals surface area contributed by atoms with Crippen molar-refractivity contribution in [3.05, 3.63) is 33.8 Å². The standard InChI is InChI=1S/C17H23Cl2N3O4/c1-17(2,3)26-16(25)22-7-6-14(23)20-8-9-21-15(24)12-10-11(18)4-5-13(12)19/h4-5,10H,6-9H2,1-3H3,(H,20,23)(H,21,24)(H,22,25). The second kappa shape index (κ2) is 10.2. The minimum atomic E-state index is -0.587. The lowest BCUT2D eigenvalue weighted by Crippen LogP contribution is -2.37. The summed E-state index contributed by atoms with van der Waals surface area (Å²) in [5.41, 5.74) is -0.316. The first-order chi connectivity index (χ1) is 12.1. The molecule has 0 saturated heterocycles. The second-order valence-corrected chi connectivity index (χ2v) is 7.25. The van der Waals surface area contributed by atoms with Crippen molar-refractivity contribution in [1.29, 1.82) is 0 Å². The number of hydrogen-bond acceptors (Lipinski definition) is 4. The monoisotopic (exact) mass is 403 g/mol. The van der Waals surface area contributed by atoms with Gasteiger partial charge in [-0.2, -0.15) is 0 Å². The molecule has 0 atom stereocenters. The van der Waals surface area contributed by atoms with Crippen LogP contribution in [0.25, 0.3) is 0 Å².